The van der Waals surface area contributed by atoms with Gasteiger partial charge in [-0.1, -0.05) is 12.1 Å². The maximum atomic E-state index is 13.3. The highest BCUT2D eigenvalue weighted by molar-refractivity contribution is 5.80. The lowest BCUT2D eigenvalue weighted by molar-refractivity contribution is -0.122. The lowest BCUT2D eigenvalue weighted by Gasteiger charge is -2.11. The molecule has 2 N–H and O–H groups in total. The minimum Gasteiger partial charge on any atom is -0.459 e. The fourth-order valence-electron chi connectivity index (χ4n) is 3.81. The molecule has 0 bridgehead atoms. The number of hydrogen-bond donors (Lipinski definition) is 2. The Hall–Kier alpha value is -3.15. The Morgan fingerprint density at radius 1 is 1.32 bits per heavy atom. The summed E-state index contributed by atoms with van der Waals surface area (Å²) in [5.74, 6) is 1.88. The number of nitrogens with one attached hydrogen (secondary N) is 2. The molecule has 0 radical (unpaired) electrons. The summed E-state index contributed by atoms with van der Waals surface area (Å²) in [5.41, 5.74) is 2.61. The molecule has 0 aliphatic heterocycles. The number of benzene rings is 2. The van der Waals surface area contributed by atoms with Crippen LogP contribution in [0.1, 0.15) is 43.3 Å². The maximum absolute atomic E-state index is 13.3. The summed E-state index contributed by atoms with van der Waals surface area (Å²) >= 11 is 0. The maximum Gasteiger partial charge on any atom is 0.220 e. The van der Waals surface area contributed by atoms with Crippen LogP contribution in [-0.4, -0.2) is 15.9 Å². The summed E-state index contributed by atoms with van der Waals surface area (Å²) in [6.07, 6.45) is 1.42. The number of aromatic nitrogens is 2. The predicted molar refractivity (Wildman–Crippen MR) is 104 cm³/mol. The number of carbonyl (C=O) groups excluding carboxylic acids is 1. The number of para-hydroxylation sites is 2. The van der Waals surface area contributed by atoms with Gasteiger partial charge in [0.05, 0.1) is 17.1 Å². The Labute approximate surface area is 161 Å². The van der Waals surface area contributed by atoms with Gasteiger partial charge in [0.15, 0.2) is 0 Å². The number of fused-ring (bicyclic) bond motifs is 2. The molecule has 4 aromatic rings. The zero-order chi connectivity index (χ0) is 19.3. The molecule has 3 atom stereocenters. The molecule has 1 fully saturated rings. The van der Waals surface area contributed by atoms with Crippen LogP contribution in [0, 0.1) is 11.7 Å². The fraction of sp³-hybridized carbons (Fsp3) is 0.273. The van der Waals surface area contributed by atoms with Gasteiger partial charge in [0.25, 0.3) is 0 Å². The average molecular weight is 377 g/mol. The van der Waals surface area contributed by atoms with Crippen molar-refractivity contribution in [3.05, 3.63) is 65.9 Å². The van der Waals surface area contributed by atoms with Crippen molar-refractivity contribution >= 4 is 27.9 Å². The van der Waals surface area contributed by atoms with Gasteiger partial charge in [0, 0.05) is 17.7 Å². The molecule has 2 aromatic carbocycles. The predicted octanol–water partition coefficient (Wildman–Crippen LogP) is 4.82. The van der Waals surface area contributed by atoms with Crippen LogP contribution in [0.15, 0.2) is 52.9 Å². The van der Waals surface area contributed by atoms with Gasteiger partial charge in [0.1, 0.15) is 23.0 Å². The highest BCUT2D eigenvalue weighted by Gasteiger charge is 2.41. The second-order valence-corrected chi connectivity index (χ2v) is 7.57. The molecule has 0 spiro atoms. The Morgan fingerprint density at radius 3 is 3.04 bits per heavy atom. The number of carbonyl (C=O) groups is 1. The van der Waals surface area contributed by atoms with Crippen LogP contribution in [0.4, 0.5) is 4.39 Å². The van der Waals surface area contributed by atoms with Gasteiger partial charge in [0.2, 0.25) is 5.91 Å². The van der Waals surface area contributed by atoms with Crippen molar-refractivity contribution in [2.75, 3.05) is 0 Å². The molecule has 5 rings (SSSR count). The first-order valence-corrected chi connectivity index (χ1v) is 9.50. The number of imidazole rings is 1. The molecule has 1 saturated carbocycles. The summed E-state index contributed by atoms with van der Waals surface area (Å²) in [6.45, 7) is 1.87. The zero-order valence-corrected chi connectivity index (χ0v) is 15.4. The van der Waals surface area contributed by atoms with Gasteiger partial charge in [-0.15, -0.1) is 0 Å². The molecule has 5 nitrogen and oxygen atoms in total. The van der Waals surface area contributed by atoms with Crippen LogP contribution < -0.4 is 5.32 Å². The summed E-state index contributed by atoms with van der Waals surface area (Å²) in [7, 11) is 0. The van der Waals surface area contributed by atoms with E-state index in [1.807, 2.05) is 31.2 Å². The molecule has 1 aliphatic rings. The van der Waals surface area contributed by atoms with E-state index in [2.05, 4.69) is 15.3 Å². The molecule has 0 saturated heterocycles. The molecular weight excluding hydrogens is 357 g/mol. The SMILES string of the molecule is C[C@H](NC(=O)C[C@@H]1C[C@@H]1c1nc2ccccc2[nH]1)c1cc2cc(F)ccc2o1. The first-order valence-electron chi connectivity index (χ1n) is 9.50. The van der Waals surface area contributed by atoms with Gasteiger partial charge < -0.3 is 14.7 Å². The van der Waals surface area contributed by atoms with Crippen molar-refractivity contribution in [2.45, 2.75) is 31.7 Å². The highest BCUT2D eigenvalue weighted by atomic mass is 19.1. The third-order valence-corrected chi connectivity index (χ3v) is 5.43. The van der Waals surface area contributed by atoms with E-state index in [4.69, 9.17) is 4.42 Å². The lowest BCUT2D eigenvalue weighted by Crippen LogP contribution is -2.26. The van der Waals surface area contributed by atoms with Gasteiger partial charge >= 0.3 is 0 Å². The van der Waals surface area contributed by atoms with E-state index in [0.29, 0.717) is 35.0 Å². The number of aromatic amines is 1. The van der Waals surface area contributed by atoms with Crippen LogP contribution in [0.3, 0.4) is 0 Å². The van der Waals surface area contributed by atoms with Gasteiger partial charge in [-0.3, -0.25) is 4.79 Å². The normalized spacial score (nSPS) is 19.8. The fourth-order valence-corrected chi connectivity index (χ4v) is 3.81. The third kappa shape index (κ3) is 3.15. The van der Waals surface area contributed by atoms with E-state index in [0.717, 1.165) is 23.3 Å². The molecule has 6 heteroatoms. The van der Waals surface area contributed by atoms with E-state index >= 15 is 0 Å². The molecule has 28 heavy (non-hydrogen) atoms. The summed E-state index contributed by atoms with van der Waals surface area (Å²) in [6, 6.07) is 13.9. The Morgan fingerprint density at radius 2 is 2.18 bits per heavy atom. The molecule has 2 aromatic heterocycles. The largest absolute Gasteiger partial charge is 0.459 e. The van der Waals surface area contributed by atoms with E-state index in [1.165, 1.54) is 12.1 Å². The standard InChI is InChI=1S/C22H20FN3O2/c1-12(20-10-14-8-15(23)6-7-19(14)28-20)24-21(27)11-13-9-16(13)22-25-17-4-2-3-5-18(17)26-22/h2-8,10,12-13,16H,9,11H2,1H3,(H,24,27)(H,25,26)/t12-,13-,16-/m0/s1. The van der Waals surface area contributed by atoms with Crippen molar-refractivity contribution in [3.8, 4) is 0 Å². The first-order chi connectivity index (χ1) is 13.6. The summed E-state index contributed by atoms with van der Waals surface area (Å²) in [5, 5.41) is 3.68. The number of amides is 1. The smallest absolute Gasteiger partial charge is 0.220 e. The minimum absolute atomic E-state index is 0.0113. The third-order valence-electron chi connectivity index (χ3n) is 5.43. The van der Waals surface area contributed by atoms with Crippen LogP contribution in [0.2, 0.25) is 0 Å². The molecule has 1 amide bonds. The van der Waals surface area contributed by atoms with E-state index in [-0.39, 0.29) is 17.8 Å². The van der Waals surface area contributed by atoms with Gasteiger partial charge in [-0.2, -0.15) is 0 Å². The highest BCUT2D eigenvalue weighted by Crippen LogP contribution is 2.48. The van der Waals surface area contributed by atoms with E-state index in [9.17, 15) is 9.18 Å². The van der Waals surface area contributed by atoms with Gasteiger partial charge in [-0.05, 0) is 55.7 Å². The van der Waals surface area contributed by atoms with E-state index in [1.54, 1.807) is 12.1 Å². The van der Waals surface area contributed by atoms with E-state index < -0.39 is 0 Å². The lowest BCUT2D eigenvalue weighted by atomic mass is 10.2. The van der Waals surface area contributed by atoms with Crippen LogP contribution in [0.5, 0.6) is 0 Å². The van der Waals surface area contributed by atoms with Crippen molar-refractivity contribution in [2.24, 2.45) is 5.92 Å². The van der Waals surface area contributed by atoms with Crippen molar-refractivity contribution in [1.82, 2.24) is 15.3 Å². The van der Waals surface area contributed by atoms with Crippen LogP contribution in [-0.2, 0) is 4.79 Å². The second kappa shape index (κ2) is 6.48. The first kappa shape index (κ1) is 17.0. The van der Waals surface area contributed by atoms with Crippen LogP contribution >= 0.6 is 0 Å². The molecule has 0 unspecified atom stereocenters. The Balaban J connectivity index is 1.21. The molecule has 2 heterocycles. The second-order valence-electron chi connectivity index (χ2n) is 7.57. The van der Waals surface area contributed by atoms with Crippen molar-refractivity contribution in [3.63, 3.8) is 0 Å². The number of H-pyrrole nitrogens is 1. The summed E-state index contributed by atoms with van der Waals surface area (Å²) < 4.78 is 19.1. The number of hydrogen-bond acceptors (Lipinski definition) is 3. The Bertz CT molecular complexity index is 1150. The number of furan rings is 1. The molecule has 142 valence electrons. The quantitative estimate of drug-likeness (QED) is 0.524. The number of rotatable bonds is 5. The topological polar surface area (TPSA) is 70.9 Å². The van der Waals surface area contributed by atoms with Crippen molar-refractivity contribution < 1.29 is 13.6 Å². The molecule has 1 aliphatic carbocycles. The average Bonchev–Trinajstić information content (AvgIpc) is 3.12. The number of halogens is 1. The Kier molecular flexibility index (Phi) is 3.93. The van der Waals surface area contributed by atoms with Crippen molar-refractivity contribution in [1.29, 1.82) is 0 Å². The number of nitrogens with zero attached hydrogens (tertiary/aromatic N) is 1. The zero-order valence-electron chi connectivity index (χ0n) is 15.4. The van der Waals surface area contributed by atoms with Gasteiger partial charge in [-0.25, -0.2) is 9.37 Å². The summed E-state index contributed by atoms with van der Waals surface area (Å²) in [4.78, 5) is 20.4. The monoisotopic (exact) mass is 377 g/mol. The minimum atomic E-state index is -0.304. The molecular formula is C22H20FN3O2. The van der Waals surface area contributed by atoms with Crippen LogP contribution in [0.25, 0.3) is 22.0 Å².